The van der Waals surface area contributed by atoms with E-state index in [1.807, 2.05) is 49.4 Å². The van der Waals surface area contributed by atoms with Gasteiger partial charge < -0.3 is 15.0 Å². The van der Waals surface area contributed by atoms with Crippen LogP contribution in [0.5, 0.6) is 5.75 Å². The number of ether oxygens (including phenoxy) is 1. The van der Waals surface area contributed by atoms with Gasteiger partial charge in [0.25, 0.3) is 5.91 Å². The summed E-state index contributed by atoms with van der Waals surface area (Å²) in [5.74, 6) is 0.646. The number of hydrogen-bond donors (Lipinski definition) is 1. The van der Waals surface area contributed by atoms with Gasteiger partial charge in [-0.1, -0.05) is 76.0 Å². The Kier molecular flexibility index (Phi) is 10.5. The number of carbonyl (C=O) groups is 2. The van der Waals surface area contributed by atoms with Gasteiger partial charge in [0, 0.05) is 18.1 Å². The molecule has 0 aliphatic carbocycles. The highest BCUT2D eigenvalue weighted by atomic mass is 35.5. The molecule has 0 saturated heterocycles. The first-order chi connectivity index (χ1) is 15.4. The molecule has 0 unspecified atom stereocenters. The Labute approximate surface area is 197 Å². The lowest BCUT2D eigenvalue weighted by Crippen LogP contribution is -2.50. The van der Waals surface area contributed by atoms with Crippen LogP contribution in [0.3, 0.4) is 0 Å². The number of carbonyl (C=O) groups excluding carboxylic acids is 2. The molecule has 2 amide bonds. The summed E-state index contributed by atoms with van der Waals surface area (Å²) in [7, 11) is 0. The maximum Gasteiger partial charge on any atom is 0.261 e. The second-order valence-electron chi connectivity index (χ2n) is 8.19. The molecule has 0 aliphatic rings. The van der Waals surface area contributed by atoms with E-state index in [0.717, 1.165) is 18.4 Å². The molecular weight excluding hydrogens is 424 g/mol. The van der Waals surface area contributed by atoms with Crippen molar-refractivity contribution in [3.05, 3.63) is 64.7 Å². The van der Waals surface area contributed by atoms with Crippen molar-refractivity contribution in [2.75, 3.05) is 13.2 Å². The van der Waals surface area contributed by atoms with E-state index in [9.17, 15) is 9.59 Å². The molecule has 0 aliphatic heterocycles. The Morgan fingerprint density at radius 1 is 1.06 bits per heavy atom. The Morgan fingerprint density at radius 2 is 1.75 bits per heavy atom. The average Bonchev–Trinajstić information content (AvgIpc) is 2.79. The van der Waals surface area contributed by atoms with Gasteiger partial charge in [-0.2, -0.15) is 0 Å². The number of hydrogen-bond acceptors (Lipinski definition) is 3. The summed E-state index contributed by atoms with van der Waals surface area (Å²) in [6.07, 6.45) is 2.39. The Bertz CT molecular complexity index is 868. The first-order valence-electron chi connectivity index (χ1n) is 11.4. The zero-order valence-corrected chi connectivity index (χ0v) is 20.3. The molecule has 2 aromatic carbocycles. The lowest BCUT2D eigenvalue weighted by atomic mass is 10.0. The SMILES string of the molecule is CCCCNC(=O)[C@H](CC)N(Cc1ccccc1Cl)C(=O)COc1ccc(C(C)C)cc1. The van der Waals surface area contributed by atoms with E-state index in [0.29, 0.717) is 29.7 Å². The maximum atomic E-state index is 13.2. The molecule has 2 rings (SSSR count). The molecule has 0 fully saturated rings. The van der Waals surface area contributed by atoms with Gasteiger partial charge in [0.05, 0.1) is 0 Å². The lowest BCUT2D eigenvalue weighted by molar-refractivity contribution is -0.143. The van der Waals surface area contributed by atoms with Crippen molar-refractivity contribution in [3.63, 3.8) is 0 Å². The van der Waals surface area contributed by atoms with Crippen molar-refractivity contribution in [3.8, 4) is 5.75 Å². The lowest BCUT2D eigenvalue weighted by Gasteiger charge is -2.31. The molecule has 0 saturated carbocycles. The highest BCUT2D eigenvalue weighted by Crippen LogP contribution is 2.21. The number of nitrogens with one attached hydrogen (secondary N) is 1. The van der Waals surface area contributed by atoms with Crippen LogP contribution in [0.4, 0.5) is 0 Å². The van der Waals surface area contributed by atoms with Crippen LogP contribution in [0.2, 0.25) is 5.02 Å². The number of rotatable bonds is 12. The Hall–Kier alpha value is -2.53. The van der Waals surface area contributed by atoms with Crippen molar-refractivity contribution < 1.29 is 14.3 Å². The fourth-order valence-electron chi connectivity index (χ4n) is 3.41. The van der Waals surface area contributed by atoms with Gasteiger partial charge in [0.15, 0.2) is 6.61 Å². The standard InChI is InChI=1S/C26H35ClN2O3/c1-5-7-16-28-26(31)24(6-2)29(17-21-10-8-9-11-23(21)27)25(30)18-32-22-14-12-20(13-15-22)19(3)4/h8-15,19,24H,5-7,16-18H2,1-4H3,(H,28,31)/t24-/m0/s1. The second-order valence-corrected chi connectivity index (χ2v) is 8.60. The van der Waals surface area contributed by atoms with E-state index in [2.05, 4.69) is 26.1 Å². The first kappa shape index (κ1) is 25.7. The highest BCUT2D eigenvalue weighted by molar-refractivity contribution is 6.31. The van der Waals surface area contributed by atoms with Gasteiger partial charge in [-0.25, -0.2) is 0 Å². The first-order valence-corrected chi connectivity index (χ1v) is 11.8. The molecule has 1 N–H and O–H groups in total. The van der Waals surface area contributed by atoms with E-state index >= 15 is 0 Å². The predicted octanol–water partition coefficient (Wildman–Crippen LogP) is 5.57. The maximum absolute atomic E-state index is 13.2. The normalized spacial score (nSPS) is 11.8. The van der Waals surface area contributed by atoms with Gasteiger partial charge in [-0.05, 0) is 48.1 Å². The molecule has 0 heterocycles. The zero-order chi connectivity index (χ0) is 23.5. The minimum atomic E-state index is -0.595. The molecule has 32 heavy (non-hydrogen) atoms. The van der Waals surface area contributed by atoms with Gasteiger partial charge in [0.1, 0.15) is 11.8 Å². The fraction of sp³-hybridized carbons (Fsp3) is 0.462. The molecule has 5 nitrogen and oxygen atoms in total. The van der Waals surface area contributed by atoms with E-state index < -0.39 is 6.04 Å². The van der Waals surface area contributed by atoms with Crippen LogP contribution in [-0.2, 0) is 16.1 Å². The third kappa shape index (κ3) is 7.56. The van der Waals surface area contributed by atoms with Gasteiger partial charge in [-0.15, -0.1) is 0 Å². The summed E-state index contributed by atoms with van der Waals surface area (Å²) in [5, 5.41) is 3.52. The van der Waals surface area contributed by atoms with Crippen LogP contribution in [-0.4, -0.2) is 35.9 Å². The van der Waals surface area contributed by atoms with Crippen LogP contribution in [0.15, 0.2) is 48.5 Å². The van der Waals surface area contributed by atoms with E-state index in [1.54, 1.807) is 11.0 Å². The third-order valence-electron chi connectivity index (χ3n) is 5.42. The minimum absolute atomic E-state index is 0.149. The summed E-state index contributed by atoms with van der Waals surface area (Å²) < 4.78 is 5.77. The van der Waals surface area contributed by atoms with Crippen LogP contribution >= 0.6 is 11.6 Å². The van der Waals surface area contributed by atoms with Crippen molar-refractivity contribution in [1.29, 1.82) is 0 Å². The van der Waals surface area contributed by atoms with Crippen molar-refractivity contribution in [2.45, 2.75) is 65.5 Å². The molecule has 174 valence electrons. The van der Waals surface area contributed by atoms with Crippen molar-refractivity contribution in [1.82, 2.24) is 10.2 Å². The monoisotopic (exact) mass is 458 g/mol. The highest BCUT2D eigenvalue weighted by Gasteiger charge is 2.29. The summed E-state index contributed by atoms with van der Waals surface area (Å²) in [6, 6.07) is 14.5. The summed E-state index contributed by atoms with van der Waals surface area (Å²) in [6.45, 7) is 8.92. The number of unbranched alkanes of at least 4 members (excludes halogenated alkanes) is 1. The summed E-state index contributed by atoms with van der Waals surface area (Å²) >= 11 is 6.35. The minimum Gasteiger partial charge on any atom is -0.484 e. The summed E-state index contributed by atoms with van der Waals surface area (Å²) in [4.78, 5) is 27.7. The van der Waals surface area contributed by atoms with Crippen LogP contribution in [0.25, 0.3) is 0 Å². The molecule has 0 bridgehead atoms. The molecule has 6 heteroatoms. The Balaban J connectivity index is 2.16. The van der Waals surface area contributed by atoms with E-state index in [-0.39, 0.29) is 25.0 Å². The van der Waals surface area contributed by atoms with Crippen molar-refractivity contribution in [2.24, 2.45) is 0 Å². The number of nitrogens with zero attached hydrogens (tertiary/aromatic N) is 1. The summed E-state index contributed by atoms with van der Waals surface area (Å²) in [5.41, 5.74) is 2.00. The van der Waals surface area contributed by atoms with E-state index in [1.165, 1.54) is 5.56 Å². The second kappa shape index (κ2) is 13.1. The predicted molar refractivity (Wildman–Crippen MR) is 130 cm³/mol. The van der Waals surface area contributed by atoms with Gasteiger partial charge in [-0.3, -0.25) is 9.59 Å². The topological polar surface area (TPSA) is 58.6 Å². The number of halogens is 1. The molecule has 1 atom stereocenters. The molecule has 0 spiro atoms. The van der Waals surface area contributed by atoms with Crippen LogP contribution in [0, 0.1) is 0 Å². The quantitative estimate of drug-likeness (QED) is 0.423. The number of benzene rings is 2. The fourth-order valence-corrected chi connectivity index (χ4v) is 3.61. The van der Waals surface area contributed by atoms with Crippen molar-refractivity contribution >= 4 is 23.4 Å². The molecule has 0 radical (unpaired) electrons. The average molecular weight is 459 g/mol. The molecule has 2 aromatic rings. The Morgan fingerprint density at radius 3 is 2.34 bits per heavy atom. The number of amides is 2. The van der Waals surface area contributed by atoms with Crippen LogP contribution in [0.1, 0.15) is 64.0 Å². The molecular formula is C26H35ClN2O3. The van der Waals surface area contributed by atoms with Gasteiger partial charge in [0.2, 0.25) is 5.91 Å². The largest absolute Gasteiger partial charge is 0.484 e. The van der Waals surface area contributed by atoms with E-state index in [4.69, 9.17) is 16.3 Å². The zero-order valence-electron chi connectivity index (χ0n) is 19.6. The van der Waals surface area contributed by atoms with Crippen LogP contribution < -0.4 is 10.1 Å². The van der Waals surface area contributed by atoms with Gasteiger partial charge >= 0.3 is 0 Å². The smallest absolute Gasteiger partial charge is 0.261 e. The third-order valence-corrected chi connectivity index (χ3v) is 5.79. The molecule has 0 aromatic heterocycles.